The smallest absolute Gasteiger partial charge is 0.192 e. The summed E-state index contributed by atoms with van der Waals surface area (Å²) in [6, 6.07) is 6.12. The Labute approximate surface area is 122 Å². The molecular formula is C16H23ClOSi. The van der Waals surface area contributed by atoms with E-state index in [1.54, 1.807) is 0 Å². The van der Waals surface area contributed by atoms with Crippen LogP contribution in [0.25, 0.3) is 6.08 Å². The van der Waals surface area contributed by atoms with E-state index in [-0.39, 0.29) is 5.04 Å². The Bertz CT molecular complexity index is 512. The molecule has 0 unspecified atom stereocenters. The van der Waals surface area contributed by atoms with Crippen LogP contribution in [0.3, 0.4) is 0 Å². The standard InChI is InChI=1S/C16H23ClOSi/c1-16(2,3)19(4,5)18-11-12-8-13-6-7-15(17)10-14(13)9-12/h6-7,9-10H,8,11H2,1-5H3. The molecule has 0 amide bonds. The number of hydrogen-bond acceptors (Lipinski definition) is 1. The van der Waals surface area contributed by atoms with Crippen LogP contribution in [-0.2, 0) is 10.8 Å². The molecule has 0 heterocycles. The van der Waals surface area contributed by atoms with Crippen molar-refractivity contribution in [3.63, 3.8) is 0 Å². The van der Waals surface area contributed by atoms with E-state index in [9.17, 15) is 0 Å². The van der Waals surface area contributed by atoms with Crippen molar-refractivity contribution in [2.45, 2.75) is 45.3 Å². The number of rotatable bonds is 3. The SMILES string of the molecule is CC(C)(C)[Si](C)(C)OCC1=Cc2cc(Cl)ccc2C1. The number of halogens is 1. The molecule has 0 atom stereocenters. The van der Waals surface area contributed by atoms with E-state index in [0.717, 1.165) is 18.1 Å². The molecule has 0 saturated heterocycles. The maximum Gasteiger partial charge on any atom is 0.192 e. The Morgan fingerprint density at radius 2 is 1.95 bits per heavy atom. The van der Waals surface area contributed by atoms with Crippen LogP contribution in [-0.4, -0.2) is 14.9 Å². The molecule has 19 heavy (non-hydrogen) atoms. The third kappa shape index (κ3) is 3.30. The summed E-state index contributed by atoms with van der Waals surface area (Å²) in [7, 11) is -1.65. The Hall–Kier alpha value is -0.573. The molecule has 0 saturated carbocycles. The Morgan fingerprint density at radius 1 is 1.26 bits per heavy atom. The van der Waals surface area contributed by atoms with Crippen molar-refractivity contribution in [2.24, 2.45) is 0 Å². The zero-order valence-electron chi connectivity index (χ0n) is 12.5. The largest absolute Gasteiger partial charge is 0.413 e. The molecule has 1 aliphatic rings. The topological polar surface area (TPSA) is 9.23 Å². The van der Waals surface area contributed by atoms with Crippen LogP contribution >= 0.6 is 11.6 Å². The third-order valence-electron chi connectivity index (χ3n) is 4.31. The molecule has 0 aromatic heterocycles. The maximum absolute atomic E-state index is 6.28. The number of hydrogen-bond donors (Lipinski definition) is 0. The maximum atomic E-state index is 6.28. The monoisotopic (exact) mass is 294 g/mol. The lowest BCUT2D eigenvalue weighted by molar-refractivity contribution is 0.318. The second kappa shape index (κ2) is 5.08. The van der Waals surface area contributed by atoms with Gasteiger partial charge >= 0.3 is 0 Å². The lowest BCUT2D eigenvalue weighted by Gasteiger charge is -2.36. The van der Waals surface area contributed by atoms with Crippen LogP contribution in [0, 0.1) is 0 Å². The van der Waals surface area contributed by atoms with E-state index in [2.05, 4.69) is 46.0 Å². The molecule has 104 valence electrons. The summed E-state index contributed by atoms with van der Waals surface area (Å²) in [6.45, 7) is 12.2. The lowest BCUT2D eigenvalue weighted by Crippen LogP contribution is -2.41. The summed E-state index contributed by atoms with van der Waals surface area (Å²) in [5.74, 6) is 0. The molecule has 0 bridgehead atoms. The van der Waals surface area contributed by atoms with Crippen LogP contribution in [0.2, 0.25) is 23.2 Å². The van der Waals surface area contributed by atoms with Crippen LogP contribution in [0.15, 0.2) is 23.8 Å². The molecule has 2 rings (SSSR count). The van der Waals surface area contributed by atoms with Gasteiger partial charge in [-0.15, -0.1) is 0 Å². The minimum atomic E-state index is -1.65. The van der Waals surface area contributed by atoms with Crippen molar-refractivity contribution < 1.29 is 4.43 Å². The van der Waals surface area contributed by atoms with Gasteiger partial charge in [0.25, 0.3) is 0 Å². The van der Waals surface area contributed by atoms with Crippen molar-refractivity contribution in [1.29, 1.82) is 0 Å². The van der Waals surface area contributed by atoms with Gasteiger partial charge in [-0.05, 0) is 53.4 Å². The van der Waals surface area contributed by atoms with Crippen LogP contribution in [0.4, 0.5) is 0 Å². The van der Waals surface area contributed by atoms with Gasteiger partial charge in [0, 0.05) is 5.02 Å². The Morgan fingerprint density at radius 3 is 2.58 bits per heavy atom. The zero-order valence-corrected chi connectivity index (χ0v) is 14.3. The molecule has 1 nitrogen and oxygen atoms in total. The molecule has 0 spiro atoms. The van der Waals surface area contributed by atoms with E-state index in [4.69, 9.17) is 16.0 Å². The third-order valence-corrected chi connectivity index (χ3v) is 9.02. The van der Waals surface area contributed by atoms with Crippen molar-refractivity contribution in [2.75, 3.05) is 6.61 Å². The molecule has 3 heteroatoms. The van der Waals surface area contributed by atoms with Gasteiger partial charge in [-0.3, -0.25) is 0 Å². The highest BCUT2D eigenvalue weighted by Gasteiger charge is 2.37. The normalized spacial score (nSPS) is 15.4. The van der Waals surface area contributed by atoms with Gasteiger partial charge in [-0.1, -0.05) is 44.5 Å². The van der Waals surface area contributed by atoms with E-state index < -0.39 is 8.32 Å². The first-order valence-corrected chi connectivity index (χ1v) is 10.1. The van der Waals surface area contributed by atoms with Gasteiger partial charge < -0.3 is 4.43 Å². The molecule has 0 fully saturated rings. The summed E-state index contributed by atoms with van der Waals surface area (Å²) in [6.07, 6.45) is 3.23. The summed E-state index contributed by atoms with van der Waals surface area (Å²) in [5, 5.41) is 1.07. The van der Waals surface area contributed by atoms with E-state index in [0.29, 0.717) is 0 Å². The Balaban J connectivity index is 2.03. The molecule has 1 aromatic rings. The van der Waals surface area contributed by atoms with E-state index in [1.165, 1.54) is 16.7 Å². The van der Waals surface area contributed by atoms with E-state index in [1.807, 2.05) is 12.1 Å². The van der Waals surface area contributed by atoms with Crippen LogP contribution in [0.1, 0.15) is 31.9 Å². The number of fused-ring (bicyclic) bond motifs is 1. The summed E-state index contributed by atoms with van der Waals surface area (Å²) < 4.78 is 6.28. The quantitative estimate of drug-likeness (QED) is 0.687. The predicted molar refractivity (Wildman–Crippen MR) is 86.3 cm³/mol. The fraction of sp³-hybridized carbons (Fsp3) is 0.500. The van der Waals surface area contributed by atoms with Gasteiger partial charge in [0.1, 0.15) is 0 Å². The molecular weight excluding hydrogens is 272 g/mol. The zero-order chi connectivity index (χ0) is 14.3. The fourth-order valence-electron chi connectivity index (χ4n) is 1.96. The minimum Gasteiger partial charge on any atom is -0.413 e. The summed E-state index contributed by atoms with van der Waals surface area (Å²) in [5.41, 5.74) is 3.97. The van der Waals surface area contributed by atoms with E-state index >= 15 is 0 Å². The highest BCUT2D eigenvalue weighted by Crippen LogP contribution is 2.37. The van der Waals surface area contributed by atoms with Crippen LogP contribution in [0.5, 0.6) is 0 Å². The van der Waals surface area contributed by atoms with Crippen LogP contribution < -0.4 is 0 Å². The highest BCUT2D eigenvalue weighted by atomic mass is 35.5. The van der Waals surface area contributed by atoms with Crippen molar-refractivity contribution in [3.05, 3.63) is 39.9 Å². The molecule has 1 aliphatic carbocycles. The first kappa shape index (κ1) is 14.8. The highest BCUT2D eigenvalue weighted by molar-refractivity contribution is 6.74. The molecule has 0 radical (unpaired) electrons. The lowest BCUT2D eigenvalue weighted by atomic mass is 10.1. The Kier molecular flexibility index (Phi) is 3.96. The van der Waals surface area contributed by atoms with Gasteiger partial charge in [0.15, 0.2) is 8.32 Å². The molecule has 1 aromatic carbocycles. The van der Waals surface area contributed by atoms with Crippen molar-refractivity contribution in [1.82, 2.24) is 0 Å². The minimum absolute atomic E-state index is 0.266. The second-order valence-electron chi connectivity index (χ2n) is 6.87. The van der Waals surface area contributed by atoms with Gasteiger partial charge in [-0.25, -0.2) is 0 Å². The predicted octanol–water partition coefficient (Wildman–Crippen LogP) is 5.30. The fourth-order valence-corrected chi connectivity index (χ4v) is 3.12. The second-order valence-corrected chi connectivity index (χ2v) is 12.1. The first-order chi connectivity index (χ1) is 8.69. The molecule has 0 N–H and O–H groups in total. The first-order valence-electron chi connectivity index (χ1n) is 6.81. The van der Waals surface area contributed by atoms with Crippen molar-refractivity contribution in [3.8, 4) is 0 Å². The average Bonchev–Trinajstić information content (AvgIpc) is 2.67. The summed E-state index contributed by atoms with van der Waals surface area (Å²) >= 11 is 6.03. The van der Waals surface area contributed by atoms with Gasteiger partial charge in [-0.2, -0.15) is 0 Å². The molecule has 0 aliphatic heterocycles. The number of benzene rings is 1. The summed E-state index contributed by atoms with van der Waals surface area (Å²) in [4.78, 5) is 0. The van der Waals surface area contributed by atoms with Crippen molar-refractivity contribution >= 4 is 26.0 Å². The average molecular weight is 295 g/mol. The van der Waals surface area contributed by atoms with Gasteiger partial charge in [0.05, 0.1) is 6.61 Å². The van der Waals surface area contributed by atoms with Gasteiger partial charge in [0.2, 0.25) is 0 Å².